The van der Waals surface area contributed by atoms with Gasteiger partial charge in [0.05, 0.1) is 0 Å². The van der Waals surface area contributed by atoms with E-state index in [4.69, 9.17) is 5.73 Å². The highest BCUT2D eigenvalue weighted by Crippen LogP contribution is 2.01. The summed E-state index contributed by atoms with van der Waals surface area (Å²) in [5.74, 6) is 0. The summed E-state index contributed by atoms with van der Waals surface area (Å²) in [5.41, 5.74) is 9.76. The standard InChI is InChI=1S/C9H11N/c1-8(10)9-6-4-2-3-5-7-9/h2-6,8H,10H2,1H3. The highest BCUT2D eigenvalue weighted by atomic mass is 14.6. The molecule has 0 radical (unpaired) electrons. The minimum absolute atomic E-state index is 0.0763. The van der Waals surface area contributed by atoms with Crippen LogP contribution in [0, 0.1) is 0 Å². The molecule has 0 saturated heterocycles. The van der Waals surface area contributed by atoms with Crippen LogP contribution >= 0.6 is 0 Å². The maximum Gasteiger partial charge on any atom is 0.0339 e. The summed E-state index contributed by atoms with van der Waals surface area (Å²) in [6.45, 7) is 1.95. The van der Waals surface area contributed by atoms with Crippen molar-refractivity contribution < 1.29 is 0 Å². The second-order valence-electron chi connectivity index (χ2n) is 2.30. The van der Waals surface area contributed by atoms with Crippen molar-refractivity contribution in [3.05, 3.63) is 41.7 Å². The molecule has 1 aliphatic rings. The summed E-state index contributed by atoms with van der Waals surface area (Å²) in [6.07, 6.45) is 9.72. The van der Waals surface area contributed by atoms with Gasteiger partial charge in [-0.05, 0) is 19.1 Å². The van der Waals surface area contributed by atoms with Gasteiger partial charge >= 0.3 is 0 Å². The Bertz CT molecular complexity index is 225. The van der Waals surface area contributed by atoms with E-state index in [2.05, 4.69) is 5.73 Å². The number of hydrogen-bond acceptors (Lipinski definition) is 1. The first kappa shape index (κ1) is 7.07. The van der Waals surface area contributed by atoms with E-state index in [9.17, 15) is 0 Å². The zero-order valence-corrected chi connectivity index (χ0v) is 6.04. The fourth-order valence-electron chi connectivity index (χ4n) is 0.755. The van der Waals surface area contributed by atoms with Crippen LogP contribution in [0.25, 0.3) is 0 Å². The van der Waals surface area contributed by atoms with E-state index in [1.807, 2.05) is 37.3 Å². The van der Waals surface area contributed by atoms with Crippen LogP contribution in [0.5, 0.6) is 0 Å². The minimum atomic E-state index is 0.0763. The largest absolute Gasteiger partial charge is 0.324 e. The van der Waals surface area contributed by atoms with Gasteiger partial charge in [0.25, 0.3) is 0 Å². The van der Waals surface area contributed by atoms with Crippen LogP contribution in [0.2, 0.25) is 0 Å². The SMILES string of the molecule is CC(N)C1=C=CC=CC=C1. The molecule has 0 spiro atoms. The van der Waals surface area contributed by atoms with Gasteiger partial charge in [-0.15, -0.1) is 5.73 Å². The molecule has 1 unspecified atom stereocenters. The van der Waals surface area contributed by atoms with E-state index in [-0.39, 0.29) is 6.04 Å². The maximum atomic E-state index is 5.64. The summed E-state index contributed by atoms with van der Waals surface area (Å²) in [7, 11) is 0. The average molecular weight is 133 g/mol. The van der Waals surface area contributed by atoms with E-state index < -0.39 is 0 Å². The van der Waals surface area contributed by atoms with Crippen LogP contribution in [0.3, 0.4) is 0 Å². The molecule has 0 amide bonds. The summed E-state index contributed by atoms with van der Waals surface area (Å²) in [6, 6.07) is 0.0763. The number of allylic oxidation sites excluding steroid dienone is 3. The molecule has 0 aromatic carbocycles. The van der Waals surface area contributed by atoms with Crippen molar-refractivity contribution in [1.82, 2.24) is 0 Å². The van der Waals surface area contributed by atoms with Crippen LogP contribution in [0.1, 0.15) is 6.92 Å². The van der Waals surface area contributed by atoms with Gasteiger partial charge < -0.3 is 5.73 Å². The normalized spacial score (nSPS) is 18.4. The summed E-state index contributed by atoms with van der Waals surface area (Å²) >= 11 is 0. The second kappa shape index (κ2) is 3.21. The Morgan fingerprint density at radius 1 is 1.40 bits per heavy atom. The maximum absolute atomic E-state index is 5.64. The third-order valence-electron chi connectivity index (χ3n) is 1.33. The van der Waals surface area contributed by atoms with Crippen molar-refractivity contribution in [3.8, 4) is 0 Å². The number of hydrogen-bond donors (Lipinski definition) is 1. The van der Waals surface area contributed by atoms with E-state index in [1.165, 1.54) is 0 Å². The molecule has 1 nitrogen and oxygen atoms in total. The van der Waals surface area contributed by atoms with Crippen molar-refractivity contribution in [2.24, 2.45) is 5.73 Å². The predicted octanol–water partition coefficient (Wildman–Crippen LogP) is 1.54. The van der Waals surface area contributed by atoms with Gasteiger partial charge in [0.2, 0.25) is 0 Å². The van der Waals surface area contributed by atoms with Crippen molar-refractivity contribution >= 4 is 0 Å². The monoisotopic (exact) mass is 133 g/mol. The smallest absolute Gasteiger partial charge is 0.0339 e. The van der Waals surface area contributed by atoms with Gasteiger partial charge in [0, 0.05) is 11.6 Å². The molecule has 1 atom stereocenters. The molecule has 2 N–H and O–H groups in total. The molecule has 0 fully saturated rings. The molecule has 52 valence electrons. The van der Waals surface area contributed by atoms with Gasteiger partial charge in [-0.2, -0.15) is 0 Å². The quantitative estimate of drug-likeness (QED) is 0.539. The topological polar surface area (TPSA) is 26.0 Å². The van der Waals surface area contributed by atoms with Crippen molar-refractivity contribution in [2.75, 3.05) is 0 Å². The third kappa shape index (κ3) is 1.73. The molecular formula is C9H11N. The molecule has 0 bridgehead atoms. The van der Waals surface area contributed by atoms with Gasteiger partial charge in [-0.25, -0.2) is 0 Å². The van der Waals surface area contributed by atoms with E-state index in [0.717, 1.165) is 5.57 Å². The van der Waals surface area contributed by atoms with Gasteiger partial charge in [-0.3, -0.25) is 0 Å². The zero-order valence-electron chi connectivity index (χ0n) is 6.04. The molecule has 0 aromatic heterocycles. The summed E-state index contributed by atoms with van der Waals surface area (Å²) < 4.78 is 0. The summed E-state index contributed by atoms with van der Waals surface area (Å²) in [4.78, 5) is 0. The van der Waals surface area contributed by atoms with Gasteiger partial charge in [0.1, 0.15) is 0 Å². The molecule has 1 heteroatoms. The first-order valence-electron chi connectivity index (χ1n) is 3.36. The predicted molar refractivity (Wildman–Crippen MR) is 43.5 cm³/mol. The fourth-order valence-corrected chi connectivity index (χ4v) is 0.755. The van der Waals surface area contributed by atoms with Gasteiger partial charge in [-0.1, -0.05) is 18.2 Å². The molecule has 0 aromatic rings. The Morgan fingerprint density at radius 3 is 2.90 bits per heavy atom. The fraction of sp³-hybridized carbons (Fsp3) is 0.222. The van der Waals surface area contributed by atoms with Crippen LogP contribution in [-0.4, -0.2) is 6.04 Å². The van der Waals surface area contributed by atoms with Crippen molar-refractivity contribution in [1.29, 1.82) is 0 Å². The first-order valence-corrected chi connectivity index (χ1v) is 3.36. The van der Waals surface area contributed by atoms with Crippen LogP contribution in [0.4, 0.5) is 0 Å². The van der Waals surface area contributed by atoms with Crippen molar-refractivity contribution in [3.63, 3.8) is 0 Å². The third-order valence-corrected chi connectivity index (χ3v) is 1.33. The van der Waals surface area contributed by atoms with E-state index in [1.54, 1.807) is 0 Å². The molecule has 0 aliphatic heterocycles. The highest BCUT2D eigenvalue weighted by molar-refractivity contribution is 5.30. The number of nitrogens with two attached hydrogens (primary N) is 1. The Kier molecular flexibility index (Phi) is 2.27. The molecular weight excluding hydrogens is 122 g/mol. The zero-order chi connectivity index (χ0) is 7.40. The Morgan fingerprint density at radius 2 is 2.20 bits per heavy atom. The van der Waals surface area contributed by atoms with Gasteiger partial charge in [0.15, 0.2) is 0 Å². The Hall–Kier alpha value is -1.04. The lowest BCUT2D eigenvalue weighted by Crippen LogP contribution is -2.15. The van der Waals surface area contributed by atoms with E-state index in [0.29, 0.717) is 0 Å². The van der Waals surface area contributed by atoms with Crippen LogP contribution in [-0.2, 0) is 0 Å². The highest BCUT2D eigenvalue weighted by Gasteiger charge is 1.96. The average Bonchev–Trinajstić information content (AvgIpc) is 2.12. The molecule has 10 heavy (non-hydrogen) atoms. The second-order valence-corrected chi connectivity index (χ2v) is 2.30. The Labute approximate surface area is 61.2 Å². The molecule has 0 saturated carbocycles. The Balaban J connectivity index is 2.87. The van der Waals surface area contributed by atoms with Crippen LogP contribution < -0.4 is 5.73 Å². The molecule has 1 rings (SSSR count). The number of rotatable bonds is 1. The summed E-state index contributed by atoms with van der Waals surface area (Å²) in [5, 5.41) is 0. The lowest BCUT2D eigenvalue weighted by atomic mass is 10.1. The molecule has 1 aliphatic carbocycles. The lowest BCUT2D eigenvalue weighted by Gasteiger charge is -2.00. The van der Waals surface area contributed by atoms with E-state index >= 15 is 0 Å². The first-order chi connectivity index (χ1) is 4.80. The van der Waals surface area contributed by atoms with Crippen LogP contribution in [0.15, 0.2) is 41.7 Å². The molecule has 0 heterocycles. The van der Waals surface area contributed by atoms with Crippen molar-refractivity contribution in [2.45, 2.75) is 13.0 Å². The minimum Gasteiger partial charge on any atom is -0.324 e. The lowest BCUT2D eigenvalue weighted by molar-refractivity contribution is 0.887.